The van der Waals surface area contributed by atoms with Gasteiger partial charge in [-0.25, -0.2) is 0 Å². The molecule has 0 aliphatic heterocycles. The lowest BCUT2D eigenvalue weighted by molar-refractivity contribution is 0.120. The molecule has 0 fully saturated rings. The zero-order chi connectivity index (χ0) is 15.1. The molecule has 1 aromatic rings. The van der Waals surface area contributed by atoms with Gasteiger partial charge < -0.3 is 24.4 Å². The van der Waals surface area contributed by atoms with Crippen LogP contribution in [0.5, 0.6) is 11.5 Å². The van der Waals surface area contributed by atoms with Gasteiger partial charge in [0.1, 0.15) is 11.5 Å². The fourth-order valence-electron chi connectivity index (χ4n) is 1.95. The summed E-state index contributed by atoms with van der Waals surface area (Å²) in [4.78, 5) is 4.23. The van der Waals surface area contributed by atoms with Crippen LogP contribution in [0, 0.1) is 0 Å². The smallest absolute Gasteiger partial charge is 0.128 e. The highest BCUT2D eigenvalue weighted by Gasteiger charge is 2.16. The highest BCUT2D eigenvalue weighted by atomic mass is 16.5. The van der Waals surface area contributed by atoms with E-state index in [9.17, 15) is 5.11 Å². The van der Waals surface area contributed by atoms with Gasteiger partial charge in [-0.15, -0.1) is 0 Å². The van der Waals surface area contributed by atoms with Crippen LogP contribution in [-0.2, 0) is 0 Å². The average molecular weight is 282 g/mol. The summed E-state index contributed by atoms with van der Waals surface area (Å²) in [5.41, 5.74) is 0.782. The lowest BCUT2D eigenvalue weighted by atomic mass is 10.1. The number of ether oxygens (including phenoxy) is 2. The van der Waals surface area contributed by atoms with E-state index in [-0.39, 0.29) is 0 Å². The summed E-state index contributed by atoms with van der Waals surface area (Å²) in [7, 11) is 9.29. The standard InChI is InChI=1S/C15H26N2O3/c1-16(2)8-9-17(3)11-14(18)13-7-6-12(19-4)10-15(13)20-5/h6-7,10,14,18H,8-9,11H2,1-5H3. The van der Waals surface area contributed by atoms with Crippen molar-refractivity contribution in [2.75, 3.05) is 55.0 Å². The largest absolute Gasteiger partial charge is 0.497 e. The molecule has 0 saturated carbocycles. The summed E-state index contributed by atoms with van der Waals surface area (Å²) < 4.78 is 10.5. The van der Waals surface area contributed by atoms with Crippen molar-refractivity contribution in [2.24, 2.45) is 0 Å². The van der Waals surface area contributed by atoms with Gasteiger partial charge in [-0.3, -0.25) is 0 Å². The summed E-state index contributed by atoms with van der Waals surface area (Å²) in [6.45, 7) is 2.43. The maximum Gasteiger partial charge on any atom is 0.128 e. The maximum absolute atomic E-state index is 10.4. The fourth-order valence-corrected chi connectivity index (χ4v) is 1.95. The molecular formula is C15H26N2O3. The second-order valence-corrected chi connectivity index (χ2v) is 5.19. The molecule has 0 aromatic heterocycles. The van der Waals surface area contributed by atoms with E-state index in [2.05, 4.69) is 9.80 Å². The van der Waals surface area contributed by atoms with Gasteiger partial charge in [-0.1, -0.05) is 0 Å². The molecule has 114 valence electrons. The minimum absolute atomic E-state index is 0.566. The first-order valence-electron chi connectivity index (χ1n) is 6.71. The normalized spacial score (nSPS) is 12.8. The molecule has 1 N–H and O–H groups in total. The number of benzene rings is 1. The summed E-state index contributed by atoms with van der Waals surface area (Å²) in [5.74, 6) is 1.37. The first kappa shape index (κ1) is 16.8. The minimum Gasteiger partial charge on any atom is -0.497 e. The van der Waals surface area contributed by atoms with Crippen molar-refractivity contribution in [3.63, 3.8) is 0 Å². The van der Waals surface area contributed by atoms with Crippen molar-refractivity contribution in [3.8, 4) is 11.5 Å². The predicted octanol–water partition coefficient (Wildman–Crippen LogP) is 1.23. The van der Waals surface area contributed by atoms with Crippen molar-refractivity contribution < 1.29 is 14.6 Å². The number of nitrogens with zero attached hydrogens (tertiary/aromatic N) is 2. The Morgan fingerprint density at radius 1 is 1.10 bits per heavy atom. The van der Waals surface area contributed by atoms with E-state index < -0.39 is 6.10 Å². The molecule has 1 atom stereocenters. The number of hydrogen-bond acceptors (Lipinski definition) is 5. The zero-order valence-electron chi connectivity index (χ0n) is 13.1. The molecule has 0 aliphatic carbocycles. The van der Waals surface area contributed by atoms with Gasteiger partial charge in [-0.2, -0.15) is 0 Å². The quantitative estimate of drug-likeness (QED) is 0.777. The van der Waals surface area contributed by atoms with Crippen LogP contribution < -0.4 is 9.47 Å². The van der Waals surface area contributed by atoms with E-state index in [1.165, 1.54) is 0 Å². The molecule has 0 radical (unpaired) electrons. The van der Waals surface area contributed by atoms with Crippen LogP contribution in [0.15, 0.2) is 18.2 Å². The monoisotopic (exact) mass is 282 g/mol. The Hall–Kier alpha value is -1.30. The van der Waals surface area contributed by atoms with E-state index >= 15 is 0 Å². The highest BCUT2D eigenvalue weighted by Crippen LogP contribution is 2.29. The summed E-state index contributed by atoms with van der Waals surface area (Å²) in [5, 5.41) is 10.4. The third-order valence-electron chi connectivity index (χ3n) is 3.21. The van der Waals surface area contributed by atoms with Crippen molar-refractivity contribution in [1.29, 1.82) is 0 Å². The highest BCUT2D eigenvalue weighted by molar-refractivity contribution is 5.42. The van der Waals surface area contributed by atoms with E-state index in [0.29, 0.717) is 12.3 Å². The van der Waals surface area contributed by atoms with Crippen LogP contribution in [0.1, 0.15) is 11.7 Å². The van der Waals surface area contributed by atoms with Crippen LogP contribution >= 0.6 is 0 Å². The van der Waals surface area contributed by atoms with Gasteiger partial charge in [-0.05, 0) is 33.3 Å². The van der Waals surface area contributed by atoms with Gasteiger partial charge in [0, 0.05) is 31.3 Å². The Labute approximate surface area is 121 Å². The molecule has 0 heterocycles. The minimum atomic E-state index is -0.581. The predicted molar refractivity (Wildman–Crippen MR) is 80.6 cm³/mol. The van der Waals surface area contributed by atoms with Crippen LogP contribution in [0.4, 0.5) is 0 Å². The van der Waals surface area contributed by atoms with E-state index in [1.807, 2.05) is 33.3 Å². The lowest BCUT2D eigenvalue weighted by Gasteiger charge is -2.23. The van der Waals surface area contributed by atoms with Gasteiger partial charge in [0.2, 0.25) is 0 Å². The Bertz CT molecular complexity index is 410. The number of methoxy groups -OCH3 is 2. The number of rotatable bonds is 8. The van der Waals surface area contributed by atoms with Crippen molar-refractivity contribution in [3.05, 3.63) is 23.8 Å². The number of aliphatic hydroxyl groups excluding tert-OH is 1. The molecule has 0 bridgehead atoms. The summed E-state index contributed by atoms with van der Waals surface area (Å²) in [6, 6.07) is 5.47. The Balaban J connectivity index is 2.69. The SMILES string of the molecule is COc1ccc(C(O)CN(C)CCN(C)C)c(OC)c1. The van der Waals surface area contributed by atoms with Gasteiger partial charge in [0.15, 0.2) is 0 Å². The molecule has 20 heavy (non-hydrogen) atoms. The molecule has 0 amide bonds. The Morgan fingerprint density at radius 2 is 1.80 bits per heavy atom. The van der Waals surface area contributed by atoms with E-state index in [0.717, 1.165) is 24.4 Å². The van der Waals surface area contributed by atoms with Crippen LogP contribution in [0.25, 0.3) is 0 Å². The maximum atomic E-state index is 10.4. The van der Waals surface area contributed by atoms with E-state index in [4.69, 9.17) is 9.47 Å². The molecule has 1 aromatic carbocycles. The molecule has 5 nitrogen and oxygen atoms in total. The van der Waals surface area contributed by atoms with Crippen LogP contribution in [-0.4, -0.2) is 69.9 Å². The summed E-state index contributed by atoms with van der Waals surface area (Å²) in [6.07, 6.45) is -0.581. The lowest BCUT2D eigenvalue weighted by Crippen LogP contribution is -2.31. The third-order valence-corrected chi connectivity index (χ3v) is 3.21. The molecule has 1 unspecified atom stereocenters. The number of aliphatic hydroxyl groups is 1. The molecule has 1 rings (SSSR count). The molecule has 5 heteroatoms. The van der Waals surface area contributed by atoms with E-state index in [1.54, 1.807) is 20.3 Å². The molecule has 0 spiro atoms. The fraction of sp³-hybridized carbons (Fsp3) is 0.600. The number of likely N-dealkylation sites (N-methyl/N-ethyl adjacent to an activating group) is 2. The first-order valence-corrected chi connectivity index (χ1v) is 6.71. The van der Waals surface area contributed by atoms with Gasteiger partial charge in [0.25, 0.3) is 0 Å². The van der Waals surface area contributed by atoms with Crippen molar-refractivity contribution in [1.82, 2.24) is 9.80 Å². The molecule has 0 aliphatic rings. The van der Waals surface area contributed by atoms with Gasteiger partial charge in [0.05, 0.1) is 20.3 Å². The molecular weight excluding hydrogens is 256 g/mol. The van der Waals surface area contributed by atoms with Crippen LogP contribution in [0.3, 0.4) is 0 Å². The third kappa shape index (κ3) is 5.00. The summed E-state index contributed by atoms with van der Waals surface area (Å²) >= 11 is 0. The van der Waals surface area contributed by atoms with Gasteiger partial charge >= 0.3 is 0 Å². The second kappa shape index (κ2) is 8.09. The topological polar surface area (TPSA) is 45.2 Å². The van der Waals surface area contributed by atoms with Crippen molar-refractivity contribution >= 4 is 0 Å². The number of hydrogen-bond donors (Lipinski definition) is 1. The molecule has 0 saturated heterocycles. The Kier molecular flexibility index (Phi) is 6.78. The first-order chi connectivity index (χ1) is 9.47. The van der Waals surface area contributed by atoms with Crippen LogP contribution in [0.2, 0.25) is 0 Å². The Morgan fingerprint density at radius 3 is 2.35 bits per heavy atom. The van der Waals surface area contributed by atoms with Crippen molar-refractivity contribution in [2.45, 2.75) is 6.10 Å². The zero-order valence-corrected chi connectivity index (χ0v) is 13.1. The second-order valence-electron chi connectivity index (χ2n) is 5.19. The average Bonchev–Trinajstić information content (AvgIpc) is 2.44.